The summed E-state index contributed by atoms with van der Waals surface area (Å²) in [4.78, 5) is 26.0. The van der Waals surface area contributed by atoms with Crippen molar-refractivity contribution in [2.45, 2.75) is 45.4 Å². The fourth-order valence-corrected chi connectivity index (χ4v) is 3.69. The first-order chi connectivity index (χ1) is 10.1. The molecule has 1 heterocycles. The van der Waals surface area contributed by atoms with Crippen LogP contribution < -0.4 is 5.32 Å². The molecule has 120 valence electrons. The summed E-state index contributed by atoms with van der Waals surface area (Å²) < 4.78 is 0. The van der Waals surface area contributed by atoms with E-state index >= 15 is 0 Å². The van der Waals surface area contributed by atoms with E-state index in [1.807, 2.05) is 0 Å². The Hall–Kier alpha value is -1.10. The van der Waals surface area contributed by atoms with Crippen molar-refractivity contribution in [3.63, 3.8) is 0 Å². The third-order valence-corrected chi connectivity index (χ3v) is 5.07. The van der Waals surface area contributed by atoms with Gasteiger partial charge in [0.1, 0.15) is 0 Å². The SMILES string of the molecule is CCC1CC(C(=O)O)C(C(=O)NCCN2CCCCC2)C1. The van der Waals surface area contributed by atoms with Crippen LogP contribution in [-0.4, -0.2) is 48.1 Å². The van der Waals surface area contributed by atoms with Crippen molar-refractivity contribution in [2.75, 3.05) is 26.2 Å². The fraction of sp³-hybridized carbons (Fsp3) is 0.875. The van der Waals surface area contributed by atoms with Crippen LogP contribution in [0.2, 0.25) is 0 Å². The molecule has 21 heavy (non-hydrogen) atoms. The molecule has 2 fully saturated rings. The van der Waals surface area contributed by atoms with E-state index in [9.17, 15) is 14.7 Å². The second-order valence-electron chi connectivity index (χ2n) is 6.49. The van der Waals surface area contributed by atoms with Crippen LogP contribution in [0.5, 0.6) is 0 Å². The number of nitrogens with zero attached hydrogens (tertiary/aromatic N) is 1. The Balaban J connectivity index is 1.77. The topological polar surface area (TPSA) is 69.6 Å². The summed E-state index contributed by atoms with van der Waals surface area (Å²) in [5.74, 6) is -1.33. The smallest absolute Gasteiger partial charge is 0.307 e. The first kappa shape index (κ1) is 16.3. The van der Waals surface area contributed by atoms with Gasteiger partial charge in [-0.3, -0.25) is 9.59 Å². The van der Waals surface area contributed by atoms with E-state index in [0.717, 1.165) is 32.5 Å². The number of carbonyl (C=O) groups excluding carboxylic acids is 1. The molecule has 0 aromatic heterocycles. The molecule has 5 heteroatoms. The summed E-state index contributed by atoms with van der Waals surface area (Å²) in [6.07, 6.45) is 6.13. The first-order valence-electron chi connectivity index (χ1n) is 8.34. The number of carbonyl (C=O) groups is 2. The predicted octanol–water partition coefficient (Wildman–Crippen LogP) is 1.73. The Morgan fingerprint density at radius 3 is 2.43 bits per heavy atom. The lowest BCUT2D eigenvalue weighted by atomic mass is 9.95. The number of amides is 1. The maximum atomic E-state index is 12.3. The van der Waals surface area contributed by atoms with Gasteiger partial charge < -0.3 is 15.3 Å². The van der Waals surface area contributed by atoms with Crippen LogP contribution in [0.15, 0.2) is 0 Å². The maximum Gasteiger partial charge on any atom is 0.307 e. The lowest BCUT2D eigenvalue weighted by Crippen LogP contribution is -2.41. The summed E-state index contributed by atoms with van der Waals surface area (Å²) in [7, 11) is 0. The number of piperidine rings is 1. The van der Waals surface area contributed by atoms with E-state index in [0.29, 0.717) is 18.9 Å². The quantitative estimate of drug-likeness (QED) is 0.783. The zero-order valence-electron chi connectivity index (χ0n) is 13.0. The standard InChI is InChI=1S/C16H28N2O3/c1-2-12-10-13(14(11-12)16(20)21)15(19)17-6-9-18-7-4-3-5-8-18/h12-14H,2-11H2,1H3,(H,17,19)(H,20,21). The van der Waals surface area contributed by atoms with Gasteiger partial charge in [-0.1, -0.05) is 19.8 Å². The van der Waals surface area contributed by atoms with Crippen molar-refractivity contribution in [1.29, 1.82) is 0 Å². The van der Waals surface area contributed by atoms with Gasteiger partial charge in [0, 0.05) is 13.1 Å². The average molecular weight is 296 g/mol. The number of hydrogen-bond donors (Lipinski definition) is 2. The molecule has 0 aromatic carbocycles. The average Bonchev–Trinajstić information content (AvgIpc) is 2.93. The molecule has 1 saturated carbocycles. The lowest BCUT2D eigenvalue weighted by molar-refractivity contribution is -0.146. The number of likely N-dealkylation sites (tertiary alicyclic amines) is 1. The molecule has 3 atom stereocenters. The molecule has 2 rings (SSSR count). The molecule has 1 aliphatic heterocycles. The number of nitrogens with one attached hydrogen (secondary N) is 1. The Bertz CT molecular complexity index is 367. The van der Waals surface area contributed by atoms with Crippen molar-refractivity contribution in [3.8, 4) is 0 Å². The maximum absolute atomic E-state index is 12.3. The highest BCUT2D eigenvalue weighted by molar-refractivity contribution is 5.85. The number of carboxylic acids is 1. The van der Waals surface area contributed by atoms with Crippen molar-refractivity contribution in [3.05, 3.63) is 0 Å². The first-order valence-corrected chi connectivity index (χ1v) is 8.34. The van der Waals surface area contributed by atoms with Crippen LogP contribution in [0, 0.1) is 17.8 Å². The molecule has 0 spiro atoms. The Morgan fingerprint density at radius 2 is 1.81 bits per heavy atom. The number of hydrogen-bond acceptors (Lipinski definition) is 3. The number of aliphatic carboxylic acids is 1. The zero-order chi connectivity index (χ0) is 15.2. The minimum Gasteiger partial charge on any atom is -0.481 e. The van der Waals surface area contributed by atoms with Crippen LogP contribution in [-0.2, 0) is 9.59 Å². The summed E-state index contributed by atoms with van der Waals surface area (Å²) >= 11 is 0. The van der Waals surface area contributed by atoms with Crippen LogP contribution in [0.1, 0.15) is 45.4 Å². The van der Waals surface area contributed by atoms with Gasteiger partial charge in [0.25, 0.3) is 0 Å². The molecule has 1 amide bonds. The second kappa shape index (κ2) is 7.78. The van der Waals surface area contributed by atoms with Gasteiger partial charge in [-0.2, -0.15) is 0 Å². The van der Waals surface area contributed by atoms with Crippen molar-refractivity contribution in [2.24, 2.45) is 17.8 Å². The molecule has 5 nitrogen and oxygen atoms in total. The Labute approximate surface area is 127 Å². The summed E-state index contributed by atoms with van der Waals surface area (Å²) in [5, 5.41) is 12.2. The highest BCUT2D eigenvalue weighted by Gasteiger charge is 2.41. The van der Waals surface area contributed by atoms with Gasteiger partial charge in [0.2, 0.25) is 5.91 Å². The molecular formula is C16H28N2O3. The lowest BCUT2D eigenvalue weighted by Gasteiger charge is -2.26. The largest absolute Gasteiger partial charge is 0.481 e. The van der Waals surface area contributed by atoms with Crippen molar-refractivity contribution < 1.29 is 14.7 Å². The Kier molecular flexibility index (Phi) is 6.03. The van der Waals surface area contributed by atoms with Gasteiger partial charge in [-0.25, -0.2) is 0 Å². The fourth-order valence-electron chi connectivity index (χ4n) is 3.69. The monoisotopic (exact) mass is 296 g/mol. The van der Waals surface area contributed by atoms with E-state index in [1.165, 1.54) is 19.3 Å². The van der Waals surface area contributed by atoms with Gasteiger partial charge in [-0.05, 0) is 44.7 Å². The van der Waals surface area contributed by atoms with Gasteiger partial charge in [0.05, 0.1) is 11.8 Å². The summed E-state index contributed by atoms with van der Waals surface area (Å²) in [5.41, 5.74) is 0. The van der Waals surface area contributed by atoms with Crippen LogP contribution in [0.25, 0.3) is 0 Å². The molecule has 0 aromatic rings. The van der Waals surface area contributed by atoms with E-state index in [4.69, 9.17) is 0 Å². The van der Waals surface area contributed by atoms with Crippen LogP contribution >= 0.6 is 0 Å². The third kappa shape index (κ3) is 4.43. The second-order valence-corrected chi connectivity index (χ2v) is 6.49. The summed E-state index contributed by atoms with van der Waals surface area (Å²) in [6.45, 7) is 5.83. The molecule has 1 saturated heterocycles. The Morgan fingerprint density at radius 1 is 1.14 bits per heavy atom. The van der Waals surface area contributed by atoms with E-state index in [-0.39, 0.29) is 11.8 Å². The van der Waals surface area contributed by atoms with Crippen molar-refractivity contribution >= 4 is 11.9 Å². The minimum atomic E-state index is -0.817. The molecule has 2 aliphatic rings. The highest BCUT2D eigenvalue weighted by atomic mass is 16.4. The van der Waals surface area contributed by atoms with Crippen LogP contribution in [0.3, 0.4) is 0 Å². The number of rotatable bonds is 6. The van der Waals surface area contributed by atoms with Gasteiger partial charge in [0.15, 0.2) is 0 Å². The molecule has 0 bridgehead atoms. The highest BCUT2D eigenvalue weighted by Crippen LogP contribution is 2.38. The van der Waals surface area contributed by atoms with E-state index in [2.05, 4.69) is 17.1 Å². The molecule has 0 radical (unpaired) electrons. The van der Waals surface area contributed by atoms with E-state index in [1.54, 1.807) is 0 Å². The third-order valence-electron chi connectivity index (χ3n) is 5.07. The van der Waals surface area contributed by atoms with Crippen molar-refractivity contribution in [1.82, 2.24) is 10.2 Å². The minimum absolute atomic E-state index is 0.0599. The van der Waals surface area contributed by atoms with Gasteiger partial charge in [-0.15, -0.1) is 0 Å². The molecule has 2 N–H and O–H groups in total. The summed E-state index contributed by atoms with van der Waals surface area (Å²) in [6, 6.07) is 0. The van der Waals surface area contributed by atoms with Crippen LogP contribution in [0.4, 0.5) is 0 Å². The normalized spacial score (nSPS) is 30.2. The molecule has 1 aliphatic carbocycles. The molecular weight excluding hydrogens is 268 g/mol. The molecule has 3 unspecified atom stereocenters. The van der Waals surface area contributed by atoms with Gasteiger partial charge >= 0.3 is 5.97 Å². The number of carboxylic acid groups (broad SMARTS) is 1. The van der Waals surface area contributed by atoms with E-state index < -0.39 is 11.9 Å². The zero-order valence-corrected chi connectivity index (χ0v) is 13.0. The predicted molar refractivity (Wildman–Crippen MR) is 80.9 cm³/mol.